The number of hydrogen-bond acceptors (Lipinski definition) is 4. The van der Waals surface area contributed by atoms with Crippen LogP contribution < -0.4 is 4.74 Å². The Morgan fingerprint density at radius 3 is 2.00 bits per heavy atom. The van der Waals surface area contributed by atoms with Crippen LogP contribution >= 0.6 is 0 Å². The summed E-state index contributed by atoms with van der Waals surface area (Å²) in [6.07, 6.45) is 17.2. The van der Waals surface area contributed by atoms with Gasteiger partial charge >= 0.3 is 0 Å². The summed E-state index contributed by atoms with van der Waals surface area (Å²) in [5, 5.41) is 9.77. The fraction of sp³-hybridized carbons (Fsp3) is 0.652. The Morgan fingerprint density at radius 1 is 0.929 bits per heavy atom. The molecule has 0 aliphatic rings. The number of aryl methyl sites for hydroxylation is 1. The molecule has 0 aromatic heterocycles. The van der Waals surface area contributed by atoms with Gasteiger partial charge in [0.05, 0.1) is 5.75 Å². The highest BCUT2D eigenvalue weighted by atomic mass is 32.2. The molecule has 1 unspecified atom stereocenters. The molecule has 1 rings (SSSR count). The molecule has 0 radical (unpaired) electrons. The third-order valence-corrected chi connectivity index (χ3v) is 5.50. The second-order valence-electron chi connectivity index (χ2n) is 7.60. The summed E-state index contributed by atoms with van der Waals surface area (Å²) in [5.41, 5.74) is 1.27. The zero-order valence-electron chi connectivity index (χ0n) is 17.6. The van der Waals surface area contributed by atoms with Crippen LogP contribution in [-0.2, 0) is 16.3 Å². The van der Waals surface area contributed by atoms with Crippen LogP contribution in [0.2, 0.25) is 0 Å². The van der Waals surface area contributed by atoms with Crippen LogP contribution in [0.4, 0.5) is 0 Å². The van der Waals surface area contributed by atoms with Gasteiger partial charge in [0.15, 0.2) is 9.84 Å². The maximum atomic E-state index is 11.0. The number of sulfone groups is 1. The Hall–Kier alpha value is -1.33. The van der Waals surface area contributed by atoms with Crippen LogP contribution in [0.1, 0.15) is 76.7 Å². The lowest BCUT2D eigenvalue weighted by Gasteiger charge is -2.10. The first kappa shape index (κ1) is 24.7. The predicted molar refractivity (Wildman–Crippen MR) is 117 cm³/mol. The van der Waals surface area contributed by atoms with Crippen molar-refractivity contribution < 1.29 is 18.3 Å². The first-order valence-electron chi connectivity index (χ1n) is 10.7. The Labute approximate surface area is 171 Å². The van der Waals surface area contributed by atoms with E-state index in [-0.39, 0.29) is 5.75 Å². The van der Waals surface area contributed by atoms with E-state index in [0.29, 0.717) is 5.75 Å². The Bertz CT molecular complexity index is 635. The van der Waals surface area contributed by atoms with Gasteiger partial charge in [-0.25, -0.2) is 8.42 Å². The van der Waals surface area contributed by atoms with E-state index >= 15 is 0 Å². The van der Waals surface area contributed by atoms with Crippen molar-refractivity contribution in [2.24, 2.45) is 0 Å². The van der Waals surface area contributed by atoms with Gasteiger partial charge in [0, 0.05) is 6.26 Å². The molecule has 0 aliphatic carbocycles. The molecule has 0 heterocycles. The zero-order chi connectivity index (χ0) is 20.7. The maximum absolute atomic E-state index is 11.0. The van der Waals surface area contributed by atoms with Crippen LogP contribution in [0.3, 0.4) is 0 Å². The molecule has 1 atom stereocenters. The highest BCUT2D eigenvalue weighted by Gasteiger charge is 2.03. The summed E-state index contributed by atoms with van der Waals surface area (Å²) in [4.78, 5) is 0. The Morgan fingerprint density at radius 2 is 1.46 bits per heavy atom. The zero-order valence-corrected chi connectivity index (χ0v) is 18.4. The van der Waals surface area contributed by atoms with Gasteiger partial charge in [-0.15, -0.1) is 0 Å². The van der Waals surface area contributed by atoms with Gasteiger partial charge in [-0.3, -0.25) is 0 Å². The summed E-state index contributed by atoms with van der Waals surface area (Å²) in [6, 6.07) is 7.74. The van der Waals surface area contributed by atoms with Crippen molar-refractivity contribution in [3.05, 3.63) is 42.0 Å². The van der Waals surface area contributed by atoms with E-state index in [1.165, 1.54) is 81.9 Å². The minimum Gasteiger partial charge on any atom is -0.461 e. The summed E-state index contributed by atoms with van der Waals surface area (Å²) < 4.78 is 27.4. The molecule has 1 aromatic rings. The third-order valence-electron chi connectivity index (χ3n) is 4.70. The van der Waals surface area contributed by atoms with E-state index in [2.05, 4.69) is 6.92 Å². The summed E-state index contributed by atoms with van der Waals surface area (Å²) in [7, 11) is -3.07. The van der Waals surface area contributed by atoms with E-state index < -0.39 is 16.1 Å². The van der Waals surface area contributed by atoms with Gasteiger partial charge in [-0.05, 0) is 36.6 Å². The summed E-state index contributed by atoms with van der Waals surface area (Å²) in [5.74, 6) is 0.467. The standard InChI is InChI=1S/C23H38O4S/c1-3-4-5-6-7-8-9-10-11-12-14-21-16-18-22(19-17-21)27-23(24)15-13-20-28(2,25)26/h13,15-19,23-24H,3-12,14,20H2,1-2H3. The quantitative estimate of drug-likeness (QED) is 0.224. The van der Waals surface area contributed by atoms with E-state index in [1.807, 2.05) is 24.3 Å². The molecule has 0 bridgehead atoms. The van der Waals surface area contributed by atoms with Crippen LogP contribution in [-0.4, -0.2) is 31.8 Å². The van der Waals surface area contributed by atoms with Crippen molar-refractivity contribution >= 4 is 9.84 Å². The smallest absolute Gasteiger partial charge is 0.217 e. The molecular weight excluding hydrogens is 372 g/mol. The molecule has 1 N–H and O–H groups in total. The van der Waals surface area contributed by atoms with Gasteiger partial charge in [0.2, 0.25) is 6.29 Å². The molecule has 0 saturated carbocycles. The van der Waals surface area contributed by atoms with Crippen LogP contribution in [0, 0.1) is 0 Å². The van der Waals surface area contributed by atoms with Gasteiger partial charge in [0.1, 0.15) is 5.75 Å². The number of aliphatic hydroxyl groups is 1. The maximum Gasteiger partial charge on any atom is 0.217 e. The fourth-order valence-electron chi connectivity index (χ4n) is 3.08. The van der Waals surface area contributed by atoms with Crippen molar-refractivity contribution in [1.29, 1.82) is 0 Å². The van der Waals surface area contributed by atoms with Crippen LogP contribution in [0.5, 0.6) is 5.75 Å². The molecular formula is C23H38O4S. The molecule has 5 heteroatoms. The number of rotatable bonds is 16. The van der Waals surface area contributed by atoms with Crippen molar-refractivity contribution in [3.8, 4) is 5.75 Å². The number of ether oxygens (including phenoxy) is 1. The predicted octanol–water partition coefficient (Wildman–Crippen LogP) is 5.45. The minimum atomic E-state index is -3.07. The molecule has 4 nitrogen and oxygen atoms in total. The van der Waals surface area contributed by atoms with E-state index in [4.69, 9.17) is 4.74 Å². The number of benzene rings is 1. The lowest BCUT2D eigenvalue weighted by atomic mass is 10.0. The normalized spacial score (nSPS) is 13.1. The van der Waals surface area contributed by atoms with Crippen molar-refractivity contribution in [3.63, 3.8) is 0 Å². The third kappa shape index (κ3) is 13.8. The number of unbranched alkanes of at least 4 members (excludes halogenated alkanes) is 9. The SMILES string of the molecule is CCCCCCCCCCCCc1ccc(OC(O)C=CCS(C)(=O)=O)cc1. The lowest BCUT2D eigenvalue weighted by Crippen LogP contribution is -2.12. The highest BCUT2D eigenvalue weighted by Crippen LogP contribution is 2.16. The van der Waals surface area contributed by atoms with Crippen molar-refractivity contribution in [2.45, 2.75) is 83.8 Å². The second kappa shape index (κ2) is 14.6. The first-order valence-corrected chi connectivity index (χ1v) is 12.7. The molecule has 0 amide bonds. The van der Waals surface area contributed by atoms with Gasteiger partial charge in [-0.1, -0.05) is 82.9 Å². The van der Waals surface area contributed by atoms with Gasteiger partial charge in [-0.2, -0.15) is 0 Å². The Balaban J connectivity index is 2.14. The molecule has 0 saturated heterocycles. The number of aliphatic hydroxyl groups excluding tert-OH is 1. The monoisotopic (exact) mass is 410 g/mol. The molecule has 0 spiro atoms. The molecule has 28 heavy (non-hydrogen) atoms. The fourth-order valence-corrected chi connectivity index (χ4v) is 3.54. The average molecular weight is 411 g/mol. The van der Waals surface area contributed by atoms with E-state index in [9.17, 15) is 13.5 Å². The van der Waals surface area contributed by atoms with Gasteiger partial charge in [0.25, 0.3) is 0 Å². The minimum absolute atomic E-state index is 0.106. The van der Waals surface area contributed by atoms with E-state index in [0.717, 1.165) is 12.7 Å². The molecule has 160 valence electrons. The topological polar surface area (TPSA) is 63.6 Å². The van der Waals surface area contributed by atoms with E-state index in [1.54, 1.807) is 0 Å². The van der Waals surface area contributed by atoms with Gasteiger partial charge < -0.3 is 9.84 Å². The van der Waals surface area contributed by atoms with Crippen LogP contribution in [0.25, 0.3) is 0 Å². The lowest BCUT2D eigenvalue weighted by molar-refractivity contribution is 0.0247. The summed E-state index contributed by atoms with van der Waals surface area (Å²) >= 11 is 0. The second-order valence-corrected chi connectivity index (χ2v) is 9.79. The highest BCUT2D eigenvalue weighted by molar-refractivity contribution is 7.90. The summed E-state index contributed by atoms with van der Waals surface area (Å²) in [6.45, 7) is 2.26. The number of hydrogen-bond donors (Lipinski definition) is 1. The molecule has 0 aliphatic heterocycles. The van der Waals surface area contributed by atoms with Crippen molar-refractivity contribution in [1.82, 2.24) is 0 Å². The first-order chi connectivity index (χ1) is 13.4. The average Bonchev–Trinajstić information content (AvgIpc) is 2.63. The molecule has 1 aromatic carbocycles. The Kier molecular flexibility index (Phi) is 12.9. The van der Waals surface area contributed by atoms with Crippen molar-refractivity contribution in [2.75, 3.05) is 12.0 Å². The van der Waals surface area contributed by atoms with Crippen LogP contribution in [0.15, 0.2) is 36.4 Å². The largest absolute Gasteiger partial charge is 0.461 e. The molecule has 0 fully saturated rings.